The van der Waals surface area contributed by atoms with E-state index in [1.807, 2.05) is 6.07 Å². The van der Waals surface area contributed by atoms with Gasteiger partial charge in [0.05, 0.1) is 16.6 Å². The summed E-state index contributed by atoms with van der Waals surface area (Å²) < 4.78 is 0. The van der Waals surface area contributed by atoms with Crippen molar-refractivity contribution in [3.8, 4) is 6.07 Å². The second-order valence-electron chi connectivity index (χ2n) is 4.98. The van der Waals surface area contributed by atoms with E-state index in [9.17, 15) is 9.59 Å². The van der Waals surface area contributed by atoms with Gasteiger partial charge < -0.3 is 10.6 Å². The molecule has 0 saturated carbocycles. The van der Waals surface area contributed by atoms with E-state index in [4.69, 9.17) is 28.5 Å². The van der Waals surface area contributed by atoms with E-state index in [0.29, 0.717) is 16.3 Å². The summed E-state index contributed by atoms with van der Waals surface area (Å²) in [4.78, 5) is 24.0. The van der Waals surface area contributed by atoms with E-state index < -0.39 is 17.9 Å². The highest BCUT2D eigenvalue weighted by molar-refractivity contribution is 6.40. The van der Waals surface area contributed by atoms with Crippen molar-refractivity contribution in [3.63, 3.8) is 0 Å². The van der Waals surface area contributed by atoms with Crippen LogP contribution >= 0.6 is 23.2 Å². The Bertz CT molecular complexity index is 831. The van der Waals surface area contributed by atoms with Crippen molar-refractivity contribution in [1.29, 1.82) is 5.26 Å². The van der Waals surface area contributed by atoms with E-state index in [2.05, 4.69) is 10.6 Å². The fraction of sp³-hybridized carbons (Fsp3) is 0.118. The quantitative estimate of drug-likeness (QED) is 0.818. The minimum absolute atomic E-state index is 0.195. The molecule has 2 rings (SSSR count). The smallest absolute Gasteiger partial charge is 0.313 e. The normalized spacial score (nSPS) is 11.2. The molecule has 2 N–H and O–H groups in total. The molecule has 2 amide bonds. The first-order chi connectivity index (χ1) is 11.4. The lowest BCUT2D eigenvalue weighted by atomic mass is 10.1. The van der Waals surface area contributed by atoms with Crippen molar-refractivity contribution in [1.82, 2.24) is 5.32 Å². The predicted molar refractivity (Wildman–Crippen MR) is 92.8 cm³/mol. The minimum atomic E-state index is -0.838. The van der Waals surface area contributed by atoms with Gasteiger partial charge in [-0.15, -0.1) is 0 Å². The highest BCUT2D eigenvalue weighted by Crippen LogP contribution is 2.22. The van der Waals surface area contributed by atoms with Crippen molar-refractivity contribution in [3.05, 3.63) is 63.6 Å². The maximum atomic E-state index is 12.0. The van der Waals surface area contributed by atoms with Gasteiger partial charge in [-0.1, -0.05) is 41.4 Å². The average Bonchev–Trinajstić information content (AvgIpc) is 2.55. The summed E-state index contributed by atoms with van der Waals surface area (Å²) in [6.45, 7) is 1.73. The van der Waals surface area contributed by atoms with Crippen LogP contribution in [0, 0.1) is 11.3 Å². The monoisotopic (exact) mass is 361 g/mol. The minimum Gasteiger partial charge on any atom is -0.341 e. The van der Waals surface area contributed by atoms with Crippen LogP contribution in [0.25, 0.3) is 0 Å². The van der Waals surface area contributed by atoms with Crippen LogP contribution in [0.2, 0.25) is 10.0 Å². The van der Waals surface area contributed by atoms with Crippen LogP contribution in [0.1, 0.15) is 24.1 Å². The third kappa shape index (κ3) is 4.25. The number of halogens is 2. The average molecular weight is 362 g/mol. The summed E-state index contributed by atoms with van der Waals surface area (Å²) in [6.07, 6.45) is 0. The number of benzene rings is 2. The first kappa shape index (κ1) is 17.8. The number of carbonyl (C=O) groups is 2. The lowest BCUT2D eigenvalue weighted by Crippen LogP contribution is -2.37. The summed E-state index contributed by atoms with van der Waals surface area (Å²) in [6, 6.07) is 12.9. The summed E-state index contributed by atoms with van der Waals surface area (Å²) in [5.41, 5.74) is 1.32. The molecule has 7 heteroatoms. The highest BCUT2D eigenvalue weighted by Gasteiger charge is 2.18. The topological polar surface area (TPSA) is 82.0 Å². The summed E-state index contributed by atoms with van der Waals surface area (Å²) in [5.74, 6) is -1.64. The largest absolute Gasteiger partial charge is 0.341 e. The Morgan fingerprint density at radius 3 is 2.42 bits per heavy atom. The molecule has 0 heterocycles. The van der Waals surface area contributed by atoms with Crippen LogP contribution < -0.4 is 10.6 Å². The molecule has 2 aromatic carbocycles. The molecule has 0 bridgehead atoms. The number of carbonyl (C=O) groups excluding carboxylic acids is 2. The predicted octanol–water partition coefficient (Wildman–Crippen LogP) is 3.68. The number of nitriles is 1. The molecule has 122 valence electrons. The Balaban J connectivity index is 2.02. The summed E-state index contributed by atoms with van der Waals surface area (Å²) >= 11 is 12.0. The number of amides is 2. The van der Waals surface area contributed by atoms with Crippen molar-refractivity contribution >= 4 is 40.7 Å². The lowest BCUT2D eigenvalue weighted by molar-refractivity contribution is -0.136. The van der Waals surface area contributed by atoms with Crippen LogP contribution in [0.3, 0.4) is 0 Å². The van der Waals surface area contributed by atoms with Gasteiger partial charge >= 0.3 is 11.8 Å². The second kappa shape index (κ2) is 7.82. The first-order valence-electron chi connectivity index (χ1n) is 6.98. The number of rotatable bonds is 3. The van der Waals surface area contributed by atoms with E-state index in [1.54, 1.807) is 31.2 Å². The number of nitrogens with zero attached hydrogens (tertiary/aromatic N) is 1. The Kier molecular flexibility index (Phi) is 5.80. The molecule has 0 aliphatic heterocycles. The molecular weight excluding hydrogens is 349 g/mol. The second-order valence-corrected chi connectivity index (χ2v) is 5.79. The van der Waals surface area contributed by atoms with Gasteiger partial charge in [-0.05, 0) is 36.8 Å². The maximum absolute atomic E-state index is 12.0. The fourth-order valence-electron chi connectivity index (χ4n) is 2.04. The third-order valence-electron chi connectivity index (χ3n) is 3.27. The van der Waals surface area contributed by atoms with E-state index in [1.165, 1.54) is 18.2 Å². The van der Waals surface area contributed by atoms with E-state index in [-0.39, 0.29) is 10.6 Å². The van der Waals surface area contributed by atoms with Crippen LogP contribution in [-0.4, -0.2) is 11.8 Å². The van der Waals surface area contributed by atoms with Crippen molar-refractivity contribution in [2.45, 2.75) is 13.0 Å². The summed E-state index contributed by atoms with van der Waals surface area (Å²) in [5, 5.41) is 14.5. The maximum Gasteiger partial charge on any atom is 0.313 e. The van der Waals surface area contributed by atoms with Crippen LogP contribution in [0.15, 0.2) is 42.5 Å². The molecule has 24 heavy (non-hydrogen) atoms. The molecule has 2 aromatic rings. The number of anilines is 1. The molecular formula is C17H13Cl2N3O2. The molecule has 0 aliphatic carbocycles. The van der Waals surface area contributed by atoms with Gasteiger partial charge in [0.2, 0.25) is 0 Å². The van der Waals surface area contributed by atoms with Crippen LogP contribution in [-0.2, 0) is 9.59 Å². The van der Waals surface area contributed by atoms with Gasteiger partial charge in [0.15, 0.2) is 0 Å². The SMILES string of the molecule is CC(NC(=O)C(=O)Nc1ccc(C#N)c(Cl)c1)c1ccccc1Cl. The molecule has 1 atom stereocenters. The van der Waals surface area contributed by atoms with Crippen molar-refractivity contribution in [2.75, 3.05) is 5.32 Å². The molecule has 0 saturated heterocycles. The molecule has 0 fully saturated rings. The van der Waals surface area contributed by atoms with E-state index in [0.717, 1.165) is 0 Å². The molecule has 0 radical (unpaired) electrons. The third-order valence-corrected chi connectivity index (χ3v) is 3.93. The number of hydrogen-bond donors (Lipinski definition) is 2. The first-order valence-corrected chi connectivity index (χ1v) is 7.74. The number of hydrogen-bond acceptors (Lipinski definition) is 3. The van der Waals surface area contributed by atoms with Crippen molar-refractivity contribution in [2.24, 2.45) is 0 Å². The molecule has 0 spiro atoms. The molecule has 5 nitrogen and oxygen atoms in total. The zero-order valence-corrected chi connectivity index (χ0v) is 14.2. The van der Waals surface area contributed by atoms with Gasteiger partial charge in [-0.3, -0.25) is 9.59 Å². The zero-order valence-electron chi connectivity index (χ0n) is 12.6. The van der Waals surface area contributed by atoms with Crippen LogP contribution in [0.5, 0.6) is 0 Å². The zero-order chi connectivity index (χ0) is 17.7. The highest BCUT2D eigenvalue weighted by atomic mass is 35.5. The molecule has 0 aliphatic rings. The molecule has 0 aromatic heterocycles. The Morgan fingerprint density at radius 2 is 1.79 bits per heavy atom. The Hall–Kier alpha value is -2.55. The fourth-order valence-corrected chi connectivity index (χ4v) is 2.56. The molecule has 1 unspecified atom stereocenters. The Morgan fingerprint density at radius 1 is 1.08 bits per heavy atom. The lowest BCUT2D eigenvalue weighted by Gasteiger charge is -2.15. The summed E-state index contributed by atoms with van der Waals surface area (Å²) in [7, 11) is 0. The van der Waals surface area contributed by atoms with Crippen LogP contribution in [0.4, 0.5) is 5.69 Å². The van der Waals surface area contributed by atoms with Gasteiger partial charge in [0, 0.05) is 10.7 Å². The van der Waals surface area contributed by atoms with Crippen molar-refractivity contribution < 1.29 is 9.59 Å². The van der Waals surface area contributed by atoms with Gasteiger partial charge in [0.25, 0.3) is 0 Å². The number of nitrogens with one attached hydrogen (secondary N) is 2. The van der Waals surface area contributed by atoms with E-state index >= 15 is 0 Å². The van der Waals surface area contributed by atoms with Gasteiger partial charge in [0.1, 0.15) is 6.07 Å². The Labute approximate surface area is 149 Å². The standard InChI is InChI=1S/C17H13Cl2N3O2/c1-10(13-4-2-3-5-14(13)18)21-16(23)17(24)22-12-7-6-11(9-20)15(19)8-12/h2-8,10H,1H3,(H,21,23)(H,22,24). The van der Waals surface area contributed by atoms with Gasteiger partial charge in [-0.2, -0.15) is 5.26 Å². The van der Waals surface area contributed by atoms with Gasteiger partial charge in [-0.25, -0.2) is 0 Å².